The maximum atomic E-state index is 13.6. The average molecular weight is 304 g/mol. The number of benzene rings is 1. The van der Waals surface area contributed by atoms with Gasteiger partial charge in [0.2, 0.25) is 15.9 Å². The van der Waals surface area contributed by atoms with E-state index in [-0.39, 0.29) is 19.0 Å². The fourth-order valence-corrected chi connectivity index (χ4v) is 3.92. The van der Waals surface area contributed by atoms with E-state index in [9.17, 15) is 22.0 Å². The van der Waals surface area contributed by atoms with Crippen molar-refractivity contribution in [2.75, 3.05) is 13.1 Å². The largest absolute Gasteiger partial charge is 0.369 e. The standard InChI is InChI=1S/C12H14F2N2O3S/c1-7-5-16(6-9(7)12(15)17)20(18,19)11-3-2-8(13)4-10(11)14/h2-4,7,9H,5-6H2,1H3,(H2,15,17)/t7-,9-/m1/s1. The minimum Gasteiger partial charge on any atom is -0.369 e. The molecule has 1 saturated heterocycles. The molecule has 2 atom stereocenters. The number of carbonyl (C=O) groups is 1. The van der Waals surface area contributed by atoms with E-state index >= 15 is 0 Å². The second-order valence-electron chi connectivity index (χ2n) is 4.88. The Morgan fingerprint density at radius 3 is 2.50 bits per heavy atom. The highest BCUT2D eigenvalue weighted by molar-refractivity contribution is 7.89. The monoisotopic (exact) mass is 304 g/mol. The van der Waals surface area contributed by atoms with Gasteiger partial charge in [-0.3, -0.25) is 4.79 Å². The first kappa shape index (κ1) is 14.9. The van der Waals surface area contributed by atoms with Gasteiger partial charge in [-0.2, -0.15) is 4.31 Å². The van der Waals surface area contributed by atoms with Gasteiger partial charge < -0.3 is 5.73 Å². The topological polar surface area (TPSA) is 80.5 Å². The maximum absolute atomic E-state index is 13.6. The molecule has 1 heterocycles. The molecule has 0 aliphatic carbocycles. The molecule has 5 nitrogen and oxygen atoms in total. The van der Waals surface area contributed by atoms with E-state index in [4.69, 9.17) is 5.73 Å². The van der Waals surface area contributed by atoms with E-state index < -0.39 is 38.4 Å². The van der Waals surface area contributed by atoms with Gasteiger partial charge in [-0.15, -0.1) is 0 Å². The number of nitrogens with two attached hydrogens (primary N) is 1. The van der Waals surface area contributed by atoms with Gasteiger partial charge in [-0.25, -0.2) is 17.2 Å². The Labute approximate surface area is 115 Å². The summed E-state index contributed by atoms with van der Waals surface area (Å²) in [4.78, 5) is 10.6. The fraction of sp³-hybridized carbons (Fsp3) is 0.417. The van der Waals surface area contributed by atoms with Crippen LogP contribution >= 0.6 is 0 Å². The summed E-state index contributed by atoms with van der Waals surface area (Å²) in [6.07, 6.45) is 0. The molecular weight excluding hydrogens is 290 g/mol. The van der Waals surface area contributed by atoms with Crippen LogP contribution < -0.4 is 5.73 Å². The van der Waals surface area contributed by atoms with Crippen molar-refractivity contribution in [2.45, 2.75) is 11.8 Å². The lowest BCUT2D eigenvalue weighted by Gasteiger charge is -2.16. The Balaban J connectivity index is 2.35. The molecule has 0 aromatic heterocycles. The summed E-state index contributed by atoms with van der Waals surface area (Å²) < 4.78 is 52.0. The first-order valence-electron chi connectivity index (χ1n) is 5.98. The van der Waals surface area contributed by atoms with Crippen molar-refractivity contribution in [1.82, 2.24) is 4.31 Å². The molecule has 20 heavy (non-hydrogen) atoms. The minimum atomic E-state index is -4.10. The van der Waals surface area contributed by atoms with Gasteiger partial charge in [0.25, 0.3) is 0 Å². The fourth-order valence-electron chi connectivity index (χ4n) is 2.31. The molecule has 0 bridgehead atoms. The molecule has 8 heteroatoms. The molecule has 0 radical (unpaired) electrons. The molecule has 1 aliphatic rings. The van der Waals surface area contributed by atoms with Crippen LogP contribution in [0, 0.1) is 23.5 Å². The predicted molar refractivity (Wildman–Crippen MR) is 67.0 cm³/mol. The van der Waals surface area contributed by atoms with E-state index in [2.05, 4.69) is 0 Å². The number of hydrogen-bond acceptors (Lipinski definition) is 3. The van der Waals surface area contributed by atoms with E-state index in [1.54, 1.807) is 6.92 Å². The summed E-state index contributed by atoms with van der Waals surface area (Å²) >= 11 is 0. The van der Waals surface area contributed by atoms with Gasteiger partial charge in [0, 0.05) is 19.2 Å². The lowest BCUT2D eigenvalue weighted by molar-refractivity contribution is -0.122. The maximum Gasteiger partial charge on any atom is 0.246 e. The Morgan fingerprint density at radius 1 is 1.35 bits per heavy atom. The van der Waals surface area contributed by atoms with Crippen LogP contribution in [0.25, 0.3) is 0 Å². The summed E-state index contributed by atoms with van der Waals surface area (Å²) in [6, 6.07) is 2.27. The van der Waals surface area contributed by atoms with Crippen molar-refractivity contribution in [3.63, 3.8) is 0 Å². The Hall–Kier alpha value is -1.54. The number of amides is 1. The SMILES string of the molecule is C[C@@H]1CN(S(=O)(=O)c2ccc(F)cc2F)C[C@H]1C(N)=O. The van der Waals surface area contributed by atoms with Crippen LogP contribution in [0.3, 0.4) is 0 Å². The minimum absolute atomic E-state index is 0.0761. The quantitative estimate of drug-likeness (QED) is 0.893. The molecule has 1 aliphatic heterocycles. The van der Waals surface area contributed by atoms with Crippen LogP contribution in [0.2, 0.25) is 0 Å². The lowest BCUT2D eigenvalue weighted by atomic mass is 9.98. The van der Waals surface area contributed by atoms with Crippen molar-refractivity contribution in [3.8, 4) is 0 Å². The van der Waals surface area contributed by atoms with Gasteiger partial charge in [0.1, 0.15) is 16.5 Å². The molecule has 1 amide bonds. The van der Waals surface area contributed by atoms with Crippen LogP contribution in [-0.2, 0) is 14.8 Å². The van der Waals surface area contributed by atoms with Gasteiger partial charge >= 0.3 is 0 Å². The number of nitrogens with zero attached hydrogens (tertiary/aromatic N) is 1. The normalized spacial score (nSPS) is 23.9. The molecule has 2 rings (SSSR count). The number of hydrogen-bond donors (Lipinski definition) is 1. The third-order valence-electron chi connectivity index (χ3n) is 3.46. The molecule has 1 aromatic rings. The summed E-state index contributed by atoms with van der Waals surface area (Å²) in [5.41, 5.74) is 5.20. The zero-order valence-electron chi connectivity index (χ0n) is 10.7. The van der Waals surface area contributed by atoms with E-state index in [1.165, 1.54) is 0 Å². The number of primary amides is 1. The van der Waals surface area contributed by atoms with Crippen molar-refractivity contribution in [2.24, 2.45) is 17.6 Å². The highest BCUT2D eigenvalue weighted by Crippen LogP contribution is 2.29. The molecule has 0 saturated carbocycles. The zero-order valence-corrected chi connectivity index (χ0v) is 11.5. The van der Waals surface area contributed by atoms with Crippen molar-refractivity contribution in [3.05, 3.63) is 29.8 Å². The highest BCUT2D eigenvalue weighted by Gasteiger charge is 2.40. The Morgan fingerprint density at radius 2 is 2.00 bits per heavy atom. The second-order valence-corrected chi connectivity index (χ2v) is 6.79. The molecule has 1 aromatic carbocycles. The van der Waals surface area contributed by atoms with Gasteiger partial charge in [-0.1, -0.05) is 6.92 Å². The summed E-state index contributed by atoms with van der Waals surface area (Å²) in [5.74, 6) is -3.44. The molecule has 0 unspecified atom stereocenters. The van der Waals surface area contributed by atoms with Crippen LogP contribution in [0.4, 0.5) is 8.78 Å². The van der Waals surface area contributed by atoms with E-state index in [1.807, 2.05) is 0 Å². The number of carbonyl (C=O) groups excluding carboxylic acids is 1. The zero-order chi connectivity index (χ0) is 15.1. The lowest BCUT2D eigenvalue weighted by Crippen LogP contribution is -2.32. The van der Waals surface area contributed by atoms with Crippen molar-refractivity contribution in [1.29, 1.82) is 0 Å². The van der Waals surface area contributed by atoms with Crippen LogP contribution in [0.5, 0.6) is 0 Å². The number of rotatable bonds is 3. The van der Waals surface area contributed by atoms with Crippen LogP contribution in [0.15, 0.2) is 23.1 Å². The third-order valence-corrected chi connectivity index (χ3v) is 5.32. The third kappa shape index (κ3) is 2.53. The summed E-state index contributed by atoms with van der Waals surface area (Å²) in [6.45, 7) is 1.69. The van der Waals surface area contributed by atoms with E-state index in [0.717, 1.165) is 16.4 Å². The highest BCUT2D eigenvalue weighted by atomic mass is 32.2. The van der Waals surface area contributed by atoms with Crippen molar-refractivity contribution >= 4 is 15.9 Å². The van der Waals surface area contributed by atoms with Crippen molar-refractivity contribution < 1.29 is 22.0 Å². The summed E-state index contributed by atoms with van der Waals surface area (Å²) in [7, 11) is -4.10. The summed E-state index contributed by atoms with van der Waals surface area (Å²) in [5, 5.41) is 0. The number of sulfonamides is 1. The smallest absolute Gasteiger partial charge is 0.246 e. The van der Waals surface area contributed by atoms with E-state index in [0.29, 0.717) is 6.07 Å². The van der Waals surface area contributed by atoms with Gasteiger partial charge in [-0.05, 0) is 18.1 Å². The Bertz CT molecular complexity index is 648. The molecule has 2 N–H and O–H groups in total. The van der Waals surface area contributed by atoms with Crippen LogP contribution in [-0.4, -0.2) is 31.7 Å². The molecular formula is C12H14F2N2O3S. The first-order valence-corrected chi connectivity index (χ1v) is 7.42. The van der Waals surface area contributed by atoms with Gasteiger partial charge in [0.15, 0.2) is 0 Å². The van der Waals surface area contributed by atoms with Gasteiger partial charge in [0.05, 0.1) is 5.92 Å². The molecule has 0 spiro atoms. The van der Waals surface area contributed by atoms with Crippen LogP contribution in [0.1, 0.15) is 6.92 Å². The average Bonchev–Trinajstić information content (AvgIpc) is 2.71. The second kappa shape index (κ2) is 5.10. The number of halogens is 2. The Kier molecular flexibility index (Phi) is 3.79. The molecule has 110 valence electrons. The predicted octanol–water partition coefficient (Wildman–Crippen LogP) is 0.707. The molecule has 1 fully saturated rings. The first-order chi connectivity index (χ1) is 9.23.